The van der Waals surface area contributed by atoms with E-state index in [1.807, 2.05) is 0 Å². The summed E-state index contributed by atoms with van der Waals surface area (Å²) in [6.07, 6.45) is -1.98. The molecule has 2 aromatic heterocycles. The third-order valence-electron chi connectivity index (χ3n) is 2.88. The Bertz CT molecular complexity index is 731. The first kappa shape index (κ1) is 18.6. The van der Waals surface area contributed by atoms with Crippen molar-refractivity contribution in [1.29, 1.82) is 0 Å². The van der Waals surface area contributed by atoms with Crippen LogP contribution in [-0.4, -0.2) is 46.0 Å². The zero-order chi connectivity index (χ0) is 18.7. The summed E-state index contributed by atoms with van der Waals surface area (Å²) in [5.74, 6) is -6.67. The second-order valence-electron chi connectivity index (χ2n) is 4.71. The summed E-state index contributed by atoms with van der Waals surface area (Å²) in [6, 6.07) is 3.07. The quantitative estimate of drug-likeness (QED) is 0.582. The first-order chi connectivity index (χ1) is 11.7. The van der Waals surface area contributed by atoms with Gasteiger partial charge in [0.15, 0.2) is 12.4 Å². The highest BCUT2D eigenvalue weighted by molar-refractivity contribution is 5.90. The minimum Gasteiger partial charge on any atom is -0.483 e. The largest absolute Gasteiger partial charge is 0.483 e. The van der Waals surface area contributed by atoms with Crippen LogP contribution >= 0.6 is 0 Å². The zero-order valence-corrected chi connectivity index (χ0v) is 12.8. The second-order valence-corrected chi connectivity index (χ2v) is 4.71. The van der Waals surface area contributed by atoms with Crippen LogP contribution in [0.25, 0.3) is 5.69 Å². The van der Waals surface area contributed by atoms with E-state index in [-0.39, 0.29) is 6.61 Å². The van der Waals surface area contributed by atoms with Crippen LogP contribution in [-0.2, 0) is 4.74 Å². The van der Waals surface area contributed by atoms with Crippen LogP contribution in [0, 0.1) is 0 Å². The van der Waals surface area contributed by atoms with Crippen molar-refractivity contribution in [2.45, 2.75) is 19.0 Å². The summed E-state index contributed by atoms with van der Waals surface area (Å²) in [7, 11) is 0. The molecule has 2 aromatic rings. The minimum atomic E-state index is -5.78. The Morgan fingerprint density at radius 3 is 2.56 bits per heavy atom. The number of halogens is 5. The molecule has 136 valence electrons. The van der Waals surface area contributed by atoms with Crippen molar-refractivity contribution in [2.24, 2.45) is 0 Å². The highest BCUT2D eigenvalue weighted by Gasteiger charge is 2.58. The van der Waals surface area contributed by atoms with Crippen molar-refractivity contribution < 1.29 is 36.2 Å². The van der Waals surface area contributed by atoms with E-state index in [1.54, 1.807) is 6.07 Å². The van der Waals surface area contributed by atoms with Gasteiger partial charge in [-0.25, -0.2) is 9.48 Å². The number of carbonyl (C=O) groups excluding carboxylic acids is 1. The molecule has 25 heavy (non-hydrogen) atoms. The van der Waals surface area contributed by atoms with Gasteiger partial charge in [0.1, 0.15) is 0 Å². The number of hydrogen-bond donors (Lipinski definition) is 0. The molecule has 0 aliphatic heterocycles. The lowest BCUT2D eigenvalue weighted by atomic mass is 10.3. The minimum absolute atomic E-state index is 0.0449. The summed E-state index contributed by atoms with van der Waals surface area (Å²) < 4.78 is 73.0. The van der Waals surface area contributed by atoms with E-state index in [2.05, 4.69) is 14.8 Å². The van der Waals surface area contributed by atoms with Crippen LogP contribution in [0.2, 0.25) is 0 Å². The number of aromatic nitrogens is 3. The normalized spacial score (nSPS) is 12.1. The number of alkyl halides is 5. The smallest absolute Gasteiger partial charge is 0.456 e. The number of nitrogens with zero attached hydrogens (tertiary/aromatic N) is 3. The summed E-state index contributed by atoms with van der Waals surface area (Å²) in [5.41, 5.74) is -0.186. The summed E-state index contributed by atoms with van der Waals surface area (Å²) >= 11 is 0. The average Bonchev–Trinajstić information content (AvgIpc) is 2.97. The SMILES string of the molecule is CCOC(=O)c1nn(-c2cccnc2)cc1OCC(F)(F)C(F)(F)F. The van der Waals surface area contributed by atoms with Gasteiger partial charge < -0.3 is 9.47 Å². The van der Waals surface area contributed by atoms with E-state index in [1.165, 1.54) is 25.4 Å². The maximum atomic E-state index is 13.0. The number of hydrogen-bond acceptors (Lipinski definition) is 5. The maximum absolute atomic E-state index is 13.0. The number of rotatable bonds is 6. The van der Waals surface area contributed by atoms with Crippen molar-refractivity contribution in [1.82, 2.24) is 14.8 Å². The Balaban J connectivity index is 2.32. The van der Waals surface area contributed by atoms with Gasteiger partial charge in [0, 0.05) is 6.20 Å². The third kappa shape index (κ3) is 4.22. The number of carbonyl (C=O) groups is 1. The number of pyridine rings is 1. The van der Waals surface area contributed by atoms with Crippen molar-refractivity contribution >= 4 is 5.97 Å². The molecule has 2 rings (SSSR count). The fourth-order valence-electron chi connectivity index (χ4n) is 1.68. The van der Waals surface area contributed by atoms with E-state index in [0.717, 1.165) is 10.9 Å². The third-order valence-corrected chi connectivity index (χ3v) is 2.88. The van der Waals surface area contributed by atoms with Gasteiger partial charge in [-0.15, -0.1) is 0 Å². The van der Waals surface area contributed by atoms with Crippen molar-refractivity contribution in [3.63, 3.8) is 0 Å². The molecule has 0 fully saturated rings. The molecule has 0 amide bonds. The highest BCUT2D eigenvalue weighted by Crippen LogP contribution is 2.36. The standard InChI is InChI=1S/C14H12F5N3O3/c1-2-24-12(23)11-10(25-8-13(15,16)14(17,18)19)7-22(21-11)9-4-3-5-20-6-9/h3-7H,2,8H2,1H3. The van der Waals surface area contributed by atoms with Crippen LogP contribution in [0.1, 0.15) is 17.4 Å². The second kappa shape index (κ2) is 7.03. The van der Waals surface area contributed by atoms with Gasteiger partial charge >= 0.3 is 18.1 Å². The molecule has 0 aliphatic carbocycles. The summed E-state index contributed by atoms with van der Waals surface area (Å²) in [6.45, 7) is -0.549. The van der Waals surface area contributed by atoms with E-state index < -0.39 is 36.1 Å². The van der Waals surface area contributed by atoms with Gasteiger partial charge in [-0.05, 0) is 19.1 Å². The predicted octanol–water partition coefficient (Wildman–Crippen LogP) is 3.02. The molecule has 6 nitrogen and oxygen atoms in total. The first-order valence-corrected chi connectivity index (χ1v) is 6.90. The molecule has 0 N–H and O–H groups in total. The Hall–Kier alpha value is -2.72. The molecule has 2 heterocycles. The predicted molar refractivity (Wildman–Crippen MR) is 73.8 cm³/mol. The highest BCUT2D eigenvalue weighted by atomic mass is 19.4. The van der Waals surface area contributed by atoms with Crippen molar-refractivity contribution in [3.05, 3.63) is 36.4 Å². The van der Waals surface area contributed by atoms with E-state index in [9.17, 15) is 26.7 Å². The fraction of sp³-hybridized carbons (Fsp3) is 0.357. The Morgan fingerprint density at radius 2 is 2.00 bits per heavy atom. The molecule has 0 radical (unpaired) electrons. The van der Waals surface area contributed by atoms with Gasteiger partial charge in [0.2, 0.25) is 5.69 Å². The molecular formula is C14H12F5N3O3. The maximum Gasteiger partial charge on any atom is 0.456 e. The Morgan fingerprint density at radius 1 is 1.28 bits per heavy atom. The number of esters is 1. The van der Waals surface area contributed by atoms with Crippen LogP contribution < -0.4 is 4.74 Å². The molecule has 0 unspecified atom stereocenters. The molecule has 0 atom stereocenters. The molecular weight excluding hydrogens is 353 g/mol. The van der Waals surface area contributed by atoms with Crippen molar-refractivity contribution in [2.75, 3.05) is 13.2 Å². The number of ether oxygens (including phenoxy) is 2. The lowest BCUT2D eigenvalue weighted by Gasteiger charge is -2.19. The van der Waals surface area contributed by atoms with E-state index in [4.69, 9.17) is 4.74 Å². The average molecular weight is 365 g/mol. The van der Waals surface area contributed by atoms with Gasteiger partial charge in [0.25, 0.3) is 0 Å². The van der Waals surface area contributed by atoms with E-state index >= 15 is 0 Å². The Kier molecular flexibility index (Phi) is 5.24. The van der Waals surface area contributed by atoms with Gasteiger partial charge in [-0.3, -0.25) is 4.98 Å². The molecule has 0 spiro atoms. The summed E-state index contributed by atoms with van der Waals surface area (Å²) in [4.78, 5) is 15.6. The molecule has 0 saturated heterocycles. The lowest BCUT2D eigenvalue weighted by molar-refractivity contribution is -0.290. The molecule has 0 aromatic carbocycles. The fourth-order valence-corrected chi connectivity index (χ4v) is 1.68. The summed E-state index contributed by atoms with van der Waals surface area (Å²) in [5, 5.41) is 3.81. The van der Waals surface area contributed by atoms with Crippen LogP contribution in [0.4, 0.5) is 22.0 Å². The molecule has 11 heteroatoms. The van der Waals surface area contributed by atoms with Gasteiger partial charge in [-0.1, -0.05) is 0 Å². The molecule has 0 aliphatic rings. The van der Waals surface area contributed by atoms with Crippen LogP contribution in [0.15, 0.2) is 30.7 Å². The Labute approximate surface area is 138 Å². The van der Waals surface area contributed by atoms with Gasteiger partial charge in [-0.2, -0.15) is 27.1 Å². The monoisotopic (exact) mass is 365 g/mol. The zero-order valence-electron chi connectivity index (χ0n) is 12.8. The topological polar surface area (TPSA) is 66.2 Å². The van der Waals surface area contributed by atoms with E-state index in [0.29, 0.717) is 5.69 Å². The lowest BCUT2D eigenvalue weighted by Crippen LogP contribution is -2.41. The van der Waals surface area contributed by atoms with Gasteiger partial charge in [0.05, 0.1) is 24.7 Å². The molecule has 0 saturated carbocycles. The molecule has 0 bridgehead atoms. The van der Waals surface area contributed by atoms with Crippen molar-refractivity contribution in [3.8, 4) is 11.4 Å². The van der Waals surface area contributed by atoms with Crippen LogP contribution in [0.5, 0.6) is 5.75 Å². The first-order valence-electron chi connectivity index (χ1n) is 6.90. The van der Waals surface area contributed by atoms with Crippen LogP contribution in [0.3, 0.4) is 0 Å².